The van der Waals surface area contributed by atoms with E-state index >= 15 is 0 Å². The highest BCUT2D eigenvalue weighted by molar-refractivity contribution is 5.84. The third-order valence-electron chi connectivity index (χ3n) is 6.45. The fraction of sp³-hybridized carbons (Fsp3) is 0.636. The first kappa shape index (κ1) is 18.3. The fourth-order valence-electron chi connectivity index (χ4n) is 5.76. The molecule has 1 aromatic rings. The van der Waals surface area contributed by atoms with Gasteiger partial charge < -0.3 is 14.8 Å². The Morgan fingerprint density at radius 2 is 1.78 bits per heavy atom. The van der Waals surface area contributed by atoms with Crippen LogP contribution in [0.15, 0.2) is 24.3 Å². The van der Waals surface area contributed by atoms with Crippen LogP contribution in [0.5, 0.6) is 5.75 Å². The van der Waals surface area contributed by atoms with Gasteiger partial charge in [-0.1, -0.05) is 12.1 Å². The van der Waals surface area contributed by atoms with Gasteiger partial charge in [-0.2, -0.15) is 0 Å². The topological polar surface area (TPSA) is 64.6 Å². The van der Waals surface area contributed by atoms with Crippen LogP contribution in [0.2, 0.25) is 0 Å². The standard InChI is InChI=1S/C22H29NO4/c1-14-4-3-5-19(6-14)26-13-20(24)27-15(2)21(25)23-22-10-16-7-17(11-22)9-18(8-16)12-22/h3-6,15-18H,7-13H2,1-2H3,(H,23,25)/t15-,16?,17?,18?,22?/m1/s1. The van der Waals surface area contributed by atoms with Crippen LogP contribution >= 0.6 is 0 Å². The van der Waals surface area contributed by atoms with Crippen molar-refractivity contribution in [2.45, 2.75) is 64.0 Å². The fourth-order valence-corrected chi connectivity index (χ4v) is 5.76. The first-order valence-corrected chi connectivity index (χ1v) is 10.1. The van der Waals surface area contributed by atoms with Gasteiger partial charge in [0.25, 0.3) is 5.91 Å². The molecule has 0 heterocycles. The van der Waals surface area contributed by atoms with Gasteiger partial charge in [-0.25, -0.2) is 4.79 Å². The molecule has 4 bridgehead atoms. The van der Waals surface area contributed by atoms with Crippen molar-refractivity contribution < 1.29 is 19.1 Å². The minimum Gasteiger partial charge on any atom is -0.482 e. The Labute approximate surface area is 160 Å². The molecule has 0 saturated heterocycles. The van der Waals surface area contributed by atoms with Crippen molar-refractivity contribution >= 4 is 11.9 Å². The third kappa shape index (κ3) is 4.12. The normalized spacial score (nSPS) is 32.0. The number of hydrogen-bond donors (Lipinski definition) is 1. The predicted octanol–water partition coefficient (Wildman–Crippen LogP) is 3.39. The average molecular weight is 371 g/mol. The Morgan fingerprint density at radius 1 is 1.15 bits per heavy atom. The molecular formula is C22H29NO4. The van der Waals surface area contributed by atoms with Crippen molar-refractivity contribution in [1.29, 1.82) is 0 Å². The lowest BCUT2D eigenvalue weighted by atomic mass is 9.53. The second-order valence-electron chi connectivity index (χ2n) is 8.92. The highest BCUT2D eigenvalue weighted by Crippen LogP contribution is 2.55. The lowest BCUT2D eigenvalue weighted by Crippen LogP contribution is -2.61. The number of carbonyl (C=O) groups excluding carboxylic acids is 2. The van der Waals surface area contributed by atoms with Crippen molar-refractivity contribution in [3.63, 3.8) is 0 Å². The lowest BCUT2D eigenvalue weighted by molar-refractivity contribution is -0.158. The minimum atomic E-state index is -0.799. The molecule has 1 amide bonds. The summed E-state index contributed by atoms with van der Waals surface area (Å²) in [5.74, 6) is 2.20. The predicted molar refractivity (Wildman–Crippen MR) is 101 cm³/mol. The number of benzene rings is 1. The van der Waals surface area contributed by atoms with Crippen LogP contribution in [0, 0.1) is 24.7 Å². The van der Waals surface area contributed by atoms with E-state index in [2.05, 4.69) is 5.32 Å². The third-order valence-corrected chi connectivity index (χ3v) is 6.45. The molecule has 0 unspecified atom stereocenters. The highest BCUT2D eigenvalue weighted by Gasteiger charge is 2.51. The molecule has 1 atom stereocenters. The van der Waals surface area contributed by atoms with E-state index in [1.165, 1.54) is 19.3 Å². The molecule has 1 N–H and O–H groups in total. The Balaban J connectivity index is 1.27. The smallest absolute Gasteiger partial charge is 0.344 e. The van der Waals surface area contributed by atoms with Gasteiger partial charge in [-0.3, -0.25) is 4.79 Å². The molecule has 5 heteroatoms. The van der Waals surface area contributed by atoms with E-state index in [9.17, 15) is 9.59 Å². The summed E-state index contributed by atoms with van der Waals surface area (Å²) in [5.41, 5.74) is 0.995. The average Bonchev–Trinajstić information content (AvgIpc) is 2.58. The zero-order valence-electron chi connectivity index (χ0n) is 16.2. The van der Waals surface area contributed by atoms with Crippen LogP contribution in [0.1, 0.15) is 51.0 Å². The molecule has 4 aliphatic carbocycles. The number of carbonyl (C=O) groups is 2. The molecule has 0 aliphatic heterocycles. The number of ether oxygens (including phenoxy) is 2. The van der Waals surface area contributed by atoms with Gasteiger partial charge in [0.05, 0.1) is 0 Å². The molecule has 1 aromatic carbocycles. The van der Waals surface area contributed by atoms with E-state index in [4.69, 9.17) is 9.47 Å². The lowest BCUT2D eigenvalue weighted by Gasteiger charge is -2.57. The molecule has 0 radical (unpaired) electrons. The van der Waals surface area contributed by atoms with Crippen molar-refractivity contribution in [3.05, 3.63) is 29.8 Å². The van der Waals surface area contributed by atoms with Crippen molar-refractivity contribution in [2.75, 3.05) is 6.61 Å². The Bertz CT molecular complexity index is 693. The van der Waals surface area contributed by atoms with Gasteiger partial charge in [0.15, 0.2) is 12.7 Å². The molecule has 27 heavy (non-hydrogen) atoms. The number of hydrogen-bond acceptors (Lipinski definition) is 4. The molecule has 0 aromatic heterocycles. The van der Waals surface area contributed by atoms with Crippen LogP contribution < -0.4 is 10.1 Å². The number of nitrogens with one attached hydrogen (secondary N) is 1. The molecule has 4 aliphatic rings. The van der Waals surface area contributed by atoms with Crippen LogP contribution in [0.3, 0.4) is 0 Å². The molecule has 0 spiro atoms. The molecule has 146 valence electrons. The van der Waals surface area contributed by atoms with Gasteiger partial charge >= 0.3 is 5.97 Å². The van der Waals surface area contributed by atoms with E-state index in [0.717, 1.165) is 42.6 Å². The van der Waals surface area contributed by atoms with Gasteiger partial charge in [-0.05, 0) is 87.8 Å². The summed E-state index contributed by atoms with van der Waals surface area (Å²) >= 11 is 0. The molecule has 4 saturated carbocycles. The quantitative estimate of drug-likeness (QED) is 0.779. The number of rotatable bonds is 6. The number of esters is 1. The molecule has 5 rings (SSSR count). The summed E-state index contributed by atoms with van der Waals surface area (Å²) < 4.78 is 10.8. The van der Waals surface area contributed by atoms with Crippen molar-refractivity contribution in [2.24, 2.45) is 17.8 Å². The first-order valence-electron chi connectivity index (χ1n) is 10.1. The molecule has 4 fully saturated rings. The van der Waals surface area contributed by atoms with E-state index in [-0.39, 0.29) is 18.1 Å². The second kappa shape index (κ2) is 7.17. The summed E-state index contributed by atoms with van der Waals surface area (Å²) in [6.45, 7) is 3.40. The summed E-state index contributed by atoms with van der Waals surface area (Å²) in [7, 11) is 0. The Hall–Kier alpha value is -2.04. The van der Waals surface area contributed by atoms with Gasteiger partial charge in [-0.15, -0.1) is 0 Å². The number of amides is 1. The maximum absolute atomic E-state index is 12.7. The van der Waals surface area contributed by atoms with Crippen molar-refractivity contribution in [3.8, 4) is 5.75 Å². The van der Waals surface area contributed by atoms with Crippen LogP contribution in [-0.4, -0.2) is 30.1 Å². The van der Waals surface area contributed by atoms with E-state index in [1.54, 1.807) is 13.0 Å². The van der Waals surface area contributed by atoms with Crippen LogP contribution in [0.25, 0.3) is 0 Å². The SMILES string of the molecule is Cc1cccc(OCC(=O)O[C@H](C)C(=O)NC23CC4CC(CC(C4)C2)C3)c1. The zero-order valence-corrected chi connectivity index (χ0v) is 16.2. The maximum atomic E-state index is 12.7. The zero-order chi connectivity index (χ0) is 19.0. The summed E-state index contributed by atoms with van der Waals surface area (Å²) in [5, 5.41) is 3.25. The second-order valence-corrected chi connectivity index (χ2v) is 8.92. The maximum Gasteiger partial charge on any atom is 0.344 e. The minimum absolute atomic E-state index is 0.0649. The Kier molecular flexibility index (Phi) is 4.87. The van der Waals surface area contributed by atoms with Gasteiger partial charge in [0.1, 0.15) is 5.75 Å². The van der Waals surface area contributed by atoms with Gasteiger partial charge in [0.2, 0.25) is 0 Å². The molecular weight excluding hydrogens is 342 g/mol. The molecule has 5 nitrogen and oxygen atoms in total. The Morgan fingerprint density at radius 3 is 2.37 bits per heavy atom. The van der Waals surface area contributed by atoms with Crippen LogP contribution in [-0.2, 0) is 14.3 Å². The first-order chi connectivity index (χ1) is 12.9. The summed E-state index contributed by atoms with van der Waals surface area (Å²) in [4.78, 5) is 24.7. The monoisotopic (exact) mass is 371 g/mol. The number of aryl methyl sites for hydroxylation is 1. The largest absolute Gasteiger partial charge is 0.482 e. The van der Waals surface area contributed by atoms with Crippen molar-refractivity contribution in [1.82, 2.24) is 5.32 Å². The van der Waals surface area contributed by atoms with E-state index < -0.39 is 12.1 Å². The van der Waals surface area contributed by atoms with Gasteiger partial charge in [0, 0.05) is 5.54 Å². The summed E-state index contributed by atoms with van der Waals surface area (Å²) in [6, 6.07) is 7.49. The van der Waals surface area contributed by atoms with E-state index in [0.29, 0.717) is 5.75 Å². The van der Waals surface area contributed by atoms with E-state index in [1.807, 2.05) is 25.1 Å². The van der Waals surface area contributed by atoms with Crippen LogP contribution in [0.4, 0.5) is 0 Å². The highest BCUT2D eigenvalue weighted by atomic mass is 16.6. The summed E-state index contributed by atoms with van der Waals surface area (Å²) in [6.07, 6.45) is 6.44.